The summed E-state index contributed by atoms with van der Waals surface area (Å²) in [7, 11) is 0. The van der Waals surface area contributed by atoms with E-state index >= 15 is 0 Å². The fourth-order valence-corrected chi connectivity index (χ4v) is 0.670. The average Bonchev–Trinajstić information content (AvgIpc) is 1.83. The van der Waals surface area contributed by atoms with Crippen LogP contribution in [0.3, 0.4) is 0 Å². The maximum absolute atomic E-state index is 5.33. The van der Waals surface area contributed by atoms with Crippen LogP contribution in [0.1, 0.15) is 33.1 Å². The molecule has 8 heavy (non-hydrogen) atoms. The van der Waals surface area contributed by atoms with Gasteiger partial charge in [0.2, 0.25) is 0 Å². The molecule has 0 rings (SSSR count). The van der Waals surface area contributed by atoms with Gasteiger partial charge in [0.05, 0.1) is 0 Å². The quantitative estimate of drug-likeness (QED) is 0.593. The second-order valence-electron chi connectivity index (χ2n) is 2.44. The molecule has 1 nitrogen and oxygen atoms in total. The topological polar surface area (TPSA) is 26.0 Å². The fraction of sp³-hybridized carbons (Fsp3) is 1.00. The Kier molecular flexibility index (Phi) is 5.08. The molecule has 0 spiro atoms. The van der Waals surface area contributed by atoms with Crippen LogP contribution in [0.5, 0.6) is 0 Å². The Morgan fingerprint density at radius 2 is 2.12 bits per heavy atom. The molecular weight excluding hydrogens is 98.1 g/mol. The monoisotopic (exact) mass is 115 g/mol. The molecule has 1 heteroatoms. The van der Waals surface area contributed by atoms with E-state index < -0.39 is 0 Å². The molecule has 0 aliphatic heterocycles. The van der Waals surface area contributed by atoms with E-state index in [1.54, 1.807) is 0 Å². The Hall–Kier alpha value is -0.0400. The largest absolute Gasteiger partial charge is 0.330 e. The van der Waals surface area contributed by atoms with Gasteiger partial charge in [-0.3, -0.25) is 0 Å². The molecule has 0 aliphatic rings. The zero-order chi connectivity index (χ0) is 6.41. The summed E-state index contributed by atoms with van der Waals surface area (Å²) in [4.78, 5) is 0. The summed E-state index contributed by atoms with van der Waals surface area (Å²) in [6.07, 6.45) is 3.78. The van der Waals surface area contributed by atoms with Gasteiger partial charge in [-0.15, -0.1) is 0 Å². The van der Waals surface area contributed by atoms with E-state index in [1.807, 2.05) is 0 Å². The van der Waals surface area contributed by atoms with Crippen LogP contribution < -0.4 is 5.73 Å². The van der Waals surface area contributed by atoms with Gasteiger partial charge in [0, 0.05) is 0 Å². The van der Waals surface area contributed by atoms with Crippen molar-refractivity contribution >= 4 is 0 Å². The van der Waals surface area contributed by atoms with Crippen LogP contribution in [0.2, 0.25) is 0 Å². The SMILES string of the molecule is CC[C@@H](C)CCCN. The van der Waals surface area contributed by atoms with Crippen molar-refractivity contribution in [2.75, 3.05) is 6.54 Å². The Balaban J connectivity index is 2.86. The van der Waals surface area contributed by atoms with Crippen LogP contribution >= 0.6 is 0 Å². The fourth-order valence-electron chi connectivity index (χ4n) is 0.670. The molecule has 2 N–H and O–H groups in total. The highest BCUT2D eigenvalue weighted by atomic mass is 14.5. The molecule has 0 unspecified atom stereocenters. The van der Waals surface area contributed by atoms with Gasteiger partial charge in [-0.25, -0.2) is 0 Å². The van der Waals surface area contributed by atoms with Crippen LogP contribution in [0.15, 0.2) is 0 Å². The maximum atomic E-state index is 5.33. The molecule has 0 aromatic heterocycles. The molecule has 1 atom stereocenters. The second kappa shape index (κ2) is 5.10. The van der Waals surface area contributed by atoms with E-state index in [-0.39, 0.29) is 0 Å². The first kappa shape index (κ1) is 7.96. The van der Waals surface area contributed by atoms with Crippen molar-refractivity contribution < 1.29 is 0 Å². The standard InChI is InChI=1S/C7H17N/c1-3-7(2)5-4-6-8/h7H,3-6,8H2,1-2H3/t7-/m1/s1. The smallest absolute Gasteiger partial charge is 0.00772 e. The van der Waals surface area contributed by atoms with Crippen LogP contribution in [-0.2, 0) is 0 Å². The van der Waals surface area contributed by atoms with Gasteiger partial charge in [0.1, 0.15) is 0 Å². The van der Waals surface area contributed by atoms with Gasteiger partial charge in [-0.05, 0) is 25.3 Å². The van der Waals surface area contributed by atoms with Gasteiger partial charge in [-0.2, -0.15) is 0 Å². The lowest BCUT2D eigenvalue weighted by molar-refractivity contribution is 0.499. The molecule has 0 amide bonds. The minimum Gasteiger partial charge on any atom is -0.330 e. The van der Waals surface area contributed by atoms with Gasteiger partial charge in [-0.1, -0.05) is 20.3 Å². The highest BCUT2D eigenvalue weighted by Crippen LogP contribution is 2.07. The average molecular weight is 115 g/mol. The summed E-state index contributed by atoms with van der Waals surface area (Å²) in [5, 5.41) is 0. The molecule has 0 saturated heterocycles. The predicted molar refractivity (Wildman–Crippen MR) is 37.7 cm³/mol. The van der Waals surface area contributed by atoms with Crippen molar-refractivity contribution in [2.45, 2.75) is 33.1 Å². The third kappa shape index (κ3) is 4.13. The number of hydrogen-bond donors (Lipinski definition) is 1. The zero-order valence-corrected chi connectivity index (χ0v) is 5.98. The van der Waals surface area contributed by atoms with E-state index in [4.69, 9.17) is 5.73 Å². The first-order valence-corrected chi connectivity index (χ1v) is 3.51. The van der Waals surface area contributed by atoms with Gasteiger partial charge < -0.3 is 5.73 Å². The summed E-state index contributed by atoms with van der Waals surface area (Å²) < 4.78 is 0. The van der Waals surface area contributed by atoms with E-state index in [2.05, 4.69) is 13.8 Å². The van der Waals surface area contributed by atoms with Crippen molar-refractivity contribution in [3.8, 4) is 0 Å². The number of rotatable bonds is 4. The number of hydrogen-bond acceptors (Lipinski definition) is 1. The summed E-state index contributed by atoms with van der Waals surface area (Å²) in [5.74, 6) is 0.874. The van der Waals surface area contributed by atoms with Gasteiger partial charge in [0.15, 0.2) is 0 Å². The van der Waals surface area contributed by atoms with Crippen molar-refractivity contribution in [1.82, 2.24) is 0 Å². The van der Waals surface area contributed by atoms with Gasteiger partial charge in [0.25, 0.3) is 0 Å². The van der Waals surface area contributed by atoms with Crippen LogP contribution in [0.25, 0.3) is 0 Å². The summed E-state index contributed by atoms with van der Waals surface area (Å²) in [5.41, 5.74) is 5.33. The van der Waals surface area contributed by atoms with E-state index in [0.717, 1.165) is 12.5 Å². The van der Waals surface area contributed by atoms with E-state index in [0.29, 0.717) is 0 Å². The van der Waals surface area contributed by atoms with Crippen LogP contribution in [0, 0.1) is 5.92 Å². The molecule has 0 saturated carbocycles. The van der Waals surface area contributed by atoms with E-state index in [9.17, 15) is 0 Å². The summed E-state index contributed by atoms with van der Waals surface area (Å²) >= 11 is 0. The molecule has 0 heterocycles. The van der Waals surface area contributed by atoms with Crippen molar-refractivity contribution in [3.63, 3.8) is 0 Å². The molecule has 0 bridgehead atoms. The zero-order valence-electron chi connectivity index (χ0n) is 5.98. The molecule has 0 radical (unpaired) electrons. The Morgan fingerprint density at radius 3 is 2.50 bits per heavy atom. The third-order valence-electron chi connectivity index (χ3n) is 1.60. The first-order valence-electron chi connectivity index (χ1n) is 3.51. The number of nitrogens with two attached hydrogens (primary N) is 1. The maximum Gasteiger partial charge on any atom is -0.00772 e. The first-order chi connectivity index (χ1) is 3.81. The minimum atomic E-state index is 0.852. The van der Waals surface area contributed by atoms with Crippen LogP contribution in [-0.4, -0.2) is 6.54 Å². The third-order valence-corrected chi connectivity index (χ3v) is 1.60. The van der Waals surface area contributed by atoms with Crippen molar-refractivity contribution in [2.24, 2.45) is 11.7 Å². The van der Waals surface area contributed by atoms with Gasteiger partial charge >= 0.3 is 0 Å². The summed E-state index contributed by atoms with van der Waals surface area (Å²) in [6.45, 7) is 5.35. The second-order valence-corrected chi connectivity index (χ2v) is 2.44. The molecule has 0 aliphatic carbocycles. The molecule has 0 aromatic carbocycles. The van der Waals surface area contributed by atoms with E-state index in [1.165, 1.54) is 19.3 Å². The normalized spacial score (nSPS) is 13.9. The molecule has 0 aromatic rings. The lowest BCUT2D eigenvalue weighted by Crippen LogP contribution is -2.01. The highest BCUT2D eigenvalue weighted by molar-refractivity contribution is 4.49. The highest BCUT2D eigenvalue weighted by Gasteiger charge is 1.94. The minimum absolute atomic E-state index is 0.852. The Bertz CT molecular complexity index is 43.7. The lowest BCUT2D eigenvalue weighted by Gasteiger charge is -2.04. The summed E-state index contributed by atoms with van der Waals surface area (Å²) in [6, 6.07) is 0. The predicted octanol–water partition coefficient (Wildman–Crippen LogP) is 1.77. The van der Waals surface area contributed by atoms with Crippen LogP contribution in [0.4, 0.5) is 0 Å². The van der Waals surface area contributed by atoms with Crippen molar-refractivity contribution in [1.29, 1.82) is 0 Å². The van der Waals surface area contributed by atoms with Crippen molar-refractivity contribution in [3.05, 3.63) is 0 Å². The molecular formula is C7H17N. The molecule has 50 valence electrons. The Labute approximate surface area is 52.3 Å². The Morgan fingerprint density at radius 1 is 1.50 bits per heavy atom. The lowest BCUT2D eigenvalue weighted by atomic mass is 10.0. The molecule has 0 fully saturated rings.